The number of aldehydes is 1. The van der Waals surface area contributed by atoms with Crippen LogP contribution in [0.5, 0.6) is 0 Å². The molecular formula is C10H16O3. The van der Waals surface area contributed by atoms with Gasteiger partial charge in [0.2, 0.25) is 0 Å². The predicted octanol–water partition coefficient (Wildman–Crippen LogP) is 1.53. The molecule has 0 aliphatic carbocycles. The topological polar surface area (TPSA) is 35.5 Å². The number of hydrogen-bond donors (Lipinski definition) is 0. The molecule has 0 saturated carbocycles. The second-order valence-electron chi connectivity index (χ2n) is 4.18. The van der Waals surface area contributed by atoms with Crippen molar-refractivity contribution in [1.82, 2.24) is 0 Å². The number of ether oxygens (including phenoxy) is 2. The SMILES string of the molecule is C/C(C=O)=C\C1OCC(C)(C)CO1. The summed E-state index contributed by atoms with van der Waals surface area (Å²) in [7, 11) is 0. The molecule has 3 nitrogen and oxygen atoms in total. The zero-order valence-electron chi connectivity index (χ0n) is 8.37. The second-order valence-corrected chi connectivity index (χ2v) is 4.18. The average molecular weight is 184 g/mol. The lowest BCUT2D eigenvalue weighted by Gasteiger charge is -2.33. The van der Waals surface area contributed by atoms with Gasteiger partial charge in [0.05, 0.1) is 13.2 Å². The van der Waals surface area contributed by atoms with Gasteiger partial charge in [0.25, 0.3) is 0 Å². The first-order valence-electron chi connectivity index (χ1n) is 4.40. The van der Waals surface area contributed by atoms with Crippen LogP contribution in [-0.4, -0.2) is 25.8 Å². The van der Waals surface area contributed by atoms with E-state index in [4.69, 9.17) is 9.47 Å². The maximum absolute atomic E-state index is 10.3. The Morgan fingerprint density at radius 3 is 2.38 bits per heavy atom. The summed E-state index contributed by atoms with van der Waals surface area (Å²) in [5, 5.41) is 0. The van der Waals surface area contributed by atoms with Gasteiger partial charge in [-0.25, -0.2) is 0 Å². The summed E-state index contributed by atoms with van der Waals surface area (Å²) in [5.41, 5.74) is 0.726. The van der Waals surface area contributed by atoms with Crippen LogP contribution in [0.15, 0.2) is 11.6 Å². The number of rotatable bonds is 2. The van der Waals surface area contributed by atoms with Crippen molar-refractivity contribution in [2.45, 2.75) is 27.1 Å². The molecule has 0 aromatic carbocycles. The second kappa shape index (κ2) is 4.03. The maximum atomic E-state index is 10.3. The first-order valence-corrected chi connectivity index (χ1v) is 4.40. The van der Waals surface area contributed by atoms with Gasteiger partial charge in [0.1, 0.15) is 6.29 Å². The van der Waals surface area contributed by atoms with Crippen LogP contribution in [0.3, 0.4) is 0 Å². The summed E-state index contributed by atoms with van der Waals surface area (Å²) in [6.07, 6.45) is 2.15. The Labute approximate surface area is 78.7 Å². The van der Waals surface area contributed by atoms with Gasteiger partial charge in [-0.2, -0.15) is 0 Å². The molecule has 0 atom stereocenters. The molecule has 1 fully saturated rings. The average Bonchev–Trinajstić information content (AvgIpc) is 2.08. The number of carbonyl (C=O) groups is 1. The summed E-state index contributed by atoms with van der Waals surface area (Å²) in [5.74, 6) is 0. The fourth-order valence-corrected chi connectivity index (χ4v) is 1.06. The van der Waals surface area contributed by atoms with Crippen LogP contribution in [0.2, 0.25) is 0 Å². The Bertz CT molecular complexity index is 208. The van der Waals surface area contributed by atoms with E-state index in [0.29, 0.717) is 18.8 Å². The molecule has 0 radical (unpaired) electrons. The quantitative estimate of drug-likeness (QED) is 0.482. The molecule has 13 heavy (non-hydrogen) atoms. The van der Waals surface area contributed by atoms with Crippen molar-refractivity contribution in [3.05, 3.63) is 11.6 Å². The van der Waals surface area contributed by atoms with Crippen LogP contribution < -0.4 is 0 Å². The Hall–Kier alpha value is -0.670. The Kier molecular flexibility index (Phi) is 3.22. The zero-order chi connectivity index (χ0) is 9.90. The minimum atomic E-state index is -0.349. The Balaban J connectivity index is 2.46. The highest BCUT2D eigenvalue weighted by molar-refractivity contribution is 5.72. The van der Waals surface area contributed by atoms with Crippen LogP contribution in [0.1, 0.15) is 20.8 Å². The van der Waals surface area contributed by atoms with Gasteiger partial charge in [-0.15, -0.1) is 0 Å². The minimum absolute atomic E-state index is 0.0828. The molecule has 3 heteroatoms. The molecule has 0 unspecified atom stereocenters. The number of allylic oxidation sites excluding steroid dienone is 1. The molecule has 1 aliphatic rings. The van der Waals surface area contributed by atoms with Gasteiger partial charge in [-0.3, -0.25) is 4.79 Å². The molecule has 0 amide bonds. The van der Waals surface area contributed by atoms with Crippen LogP contribution in [-0.2, 0) is 14.3 Å². The molecule has 1 rings (SSSR count). The highest BCUT2D eigenvalue weighted by Crippen LogP contribution is 2.23. The molecule has 0 aromatic heterocycles. The number of carbonyl (C=O) groups excluding carboxylic acids is 1. The van der Waals surface area contributed by atoms with Crippen LogP contribution >= 0.6 is 0 Å². The largest absolute Gasteiger partial charge is 0.348 e. The summed E-state index contributed by atoms with van der Waals surface area (Å²) in [4.78, 5) is 10.3. The molecule has 1 heterocycles. The third-order valence-corrected chi connectivity index (χ3v) is 1.86. The first-order chi connectivity index (χ1) is 6.03. The lowest BCUT2D eigenvalue weighted by molar-refractivity contribution is -0.197. The Morgan fingerprint density at radius 2 is 1.92 bits per heavy atom. The van der Waals surface area contributed by atoms with E-state index in [1.54, 1.807) is 13.0 Å². The number of hydrogen-bond acceptors (Lipinski definition) is 3. The van der Waals surface area contributed by atoms with Crippen molar-refractivity contribution in [1.29, 1.82) is 0 Å². The van der Waals surface area contributed by atoms with Gasteiger partial charge in [0, 0.05) is 5.41 Å². The minimum Gasteiger partial charge on any atom is -0.348 e. The van der Waals surface area contributed by atoms with Crippen LogP contribution in [0.25, 0.3) is 0 Å². The monoisotopic (exact) mass is 184 g/mol. The normalized spacial score (nSPS) is 24.4. The van der Waals surface area contributed by atoms with Gasteiger partial charge in [-0.1, -0.05) is 13.8 Å². The molecular weight excluding hydrogens is 168 g/mol. The third kappa shape index (κ3) is 3.28. The van der Waals surface area contributed by atoms with Crippen molar-refractivity contribution < 1.29 is 14.3 Å². The highest BCUT2D eigenvalue weighted by Gasteiger charge is 2.27. The van der Waals surface area contributed by atoms with E-state index in [1.165, 1.54) is 0 Å². The van der Waals surface area contributed by atoms with Gasteiger partial charge in [0.15, 0.2) is 6.29 Å². The first kappa shape index (κ1) is 10.4. The van der Waals surface area contributed by atoms with Gasteiger partial charge < -0.3 is 9.47 Å². The van der Waals surface area contributed by atoms with E-state index in [9.17, 15) is 4.79 Å². The molecule has 0 aromatic rings. The maximum Gasteiger partial charge on any atom is 0.177 e. The molecule has 74 valence electrons. The lowest BCUT2D eigenvalue weighted by atomic mass is 9.95. The Morgan fingerprint density at radius 1 is 1.38 bits per heavy atom. The van der Waals surface area contributed by atoms with E-state index in [2.05, 4.69) is 13.8 Å². The van der Waals surface area contributed by atoms with Crippen molar-refractivity contribution in [3.8, 4) is 0 Å². The third-order valence-electron chi connectivity index (χ3n) is 1.86. The van der Waals surface area contributed by atoms with Crippen LogP contribution in [0, 0.1) is 5.41 Å². The summed E-state index contributed by atoms with van der Waals surface area (Å²) >= 11 is 0. The smallest absolute Gasteiger partial charge is 0.177 e. The van der Waals surface area contributed by atoms with Crippen molar-refractivity contribution in [3.63, 3.8) is 0 Å². The van der Waals surface area contributed by atoms with Gasteiger partial charge >= 0.3 is 0 Å². The van der Waals surface area contributed by atoms with E-state index >= 15 is 0 Å². The highest BCUT2D eigenvalue weighted by atomic mass is 16.7. The molecule has 0 N–H and O–H groups in total. The lowest BCUT2D eigenvalue weighted by Crippen LogP contribution is -2.36. The fourth-order valence-electron chi connectivity index (χ4n) is 1.06. The fraction of sp³-hybridized carbons (Fsp3) is 0.700. The standard InChI is InChI=1S/C10H16O3/c1-8(5-11)4-9-12-6-10(2,3)7-13-9/h4-5,9H,6-7H2,1-3H3/b8-4+. The van der Waals surface area contributed by atoms with E-state index in [-0.39, 0.29) is 11.7 Å². The zero-order valence-corrected chi connectivity index (χ0v) is 8.37. The summed E-state index contributed by atoms with van der Waals surface area (Å²) < 4.78 is 10.8. The predicted molar refractivity (Wildman–Crippen MR) is 49.3 cm³/mol. The van der Waals surface area contributed by atoms with Crippen molar-refractivity contribution >= 4 is 6.29 Å². The molecule has 0 bridgehead atoms. The van der Waals surface area contributed by atoms with E-state index in [1.807, 2.05) is 0 Å². The van der Waals surface area contributed by atoms with Gasteiger partial charge in [-0.05, 0) is 18.6 Å². The summed E-state index contributed by atoms with van der Waals surface area (Å²) in [6, 6.07) is 0. The van der Waals surface area contributed by atoms with Crippen molar-refractivity contribution in [2.75, 3.05) is 13.2 Å². The molecule has 1 aliphatic heterocycles. The molecule has 0 spiro atoms. The molecule has 1 saturated heterocycles. The van der Waals surface area contributed by atoms with Crippen LogP contribution in [0.4, 0.5) is 0 Å². The summed E-state index contributed by atoms with van der Waals surface area (Å²) in [6.45, 7) is 7.24. The van der Waals surface area contributed by atoms with E-state index in [0.717, 1.165) is 6.29 Å². The van der Waals surface area contributed by atoms with Crippen molar-refractivity contribution in [2.24, 2.45) is 5.41 Å². The van der Waals surface area contributed by atoms with E-state index < -0.39 is 0 Å².